The Morgan fingerprint density at radius 2 is 1.68 bits per heavy atom. The lowest BCUT2D eigenvalue weighted by Crippen LogP contribution is -2.35. The number of carbonyl (C=O) groups excluding carboxylic acids is 2. The van der Waals surface area contributed by atoms with Crippen molar-refractivity contribution in [2.75, 3.05) is 16.8 Å². The predicted octanol–water partition coefficient (Wildman–Crippen LogP) is 5.66. The molecule has 1 unspecified atom stereocenters. The lowest BCUT2D eigenvalue weighted by molar-refractivity contribution is 0.0973. The van der Waals surface area contributed by atoms with Crippen LogP contribution in [0.1, 0.15) is 47.9 Å². The van der Waals surface area contributed by atoms with Crippen LogP contribution in [0, 0.1) is 0 Å². The van der Waals surface area contributed by atoms with Crippen LogP contribution < -0.4 is 20.3 Å². The average Bonchev–Trinajstić information content (AvgIpc) is 2.85. The molecular weight excluding hydrogens is 446 g/mol. The molecule has 3 rings (SSSR count). The maximum Gasteiger partial charge on any atom is 0.260 e. The third-order valence-electron chi connectivity index (χ3n) is 5.27. The molecule has 0 saturated heterocycles. The molecule has 2 N–H and O–H groups in total. The highest BCUT2D eigenvalue weighted by atomic mass is 32.1. The Bertz CT molecular complexity index is 1150. The van der Waals surface area contributed by atoms with Gasteiger partial charge in [-0.25, -0.2) is 0 Å². The maximum atomic E-state index is 13.3. The lowest BCUT2D eigenvalue weighted by atomic mass is 10.1. The summed E-state index contributed by atoms with van der Waals surface area (Å²) < 4.78 is 5.80. The first kappa shape index (κ1) is 24.9. The Morgan fingerprint density at radius 1 is 0.971 bits per heavy atom. The highest BCUT2D eigenvalue weighted by molar-refractivity contribution is 7.80. The smallest absolute Gasteiger partial charge is 0.260 e. The van der Waals surface area contributed by atoms with Crippen LogP contribution in [-0.2, 0) is 0 Å². The zero-order valence-corrected chi connectivity index (χ0v) is 20.4. The van der Waals surface area contributed by atoms with Crippen LogP contribution in [0.3, 0.4) is 0 Å². The van der Waals surface area contributed by atoms with Crippen LogP contribution in [0.2, 0.25) is 0 Å². The number of amides is 2. The van der Waals surface area contributed by atoms with E-state index in [9.17, 15) is 9.59 Å². The van der Waals surface area contributed by atoms with Crippen LogP contribution in [0.5, 0.6) is 5.75 Å². The van der Waals surface area contributed by atoms with E-state index in [4.69, 9.17) is 17.0 Å². The van der Waals surface area contributed by atoms with Gasteiger partial charge in [0.25, 0.3) is 11.8 Å². The predicted molar refractivity (Wildman–Crippen MR) is 141 cm³/mol. The standard InChI is InChI=1S/C27H29N3O3S/c1-4-19(3)33-22-15-11-12-20(18-22)25(31)29-27(34)28-24-17-10-9-16-23(24)26(32)30(5-2)21-13-7-6-8-14-21/h6-19H,4-5H2,1-3H3,(H2,28,29,31,34). The number of hydrogen-bond donors (Lipinski definition) is 2. The largest absolute Gasteiger partial charge is 0.491 e. The normalized spacial score (nSPS) is 11.3. The van der Waals surface area contributed by atoms with Crippen molar-refractivity contribution in [2.24, 2.45) is 0 Å². The number of ether oxygens (including phenoxy) is 1. The number of para-hydroxylation sites is 2. The quantitative estimate of drug-likeness (QED) is 0.412. The Morgan fingerprint density at radius 3 is 2.38 bits per heavy atom. The van der Waals surface area contributed by atoms with Crippen molar-refractivity contribution in [1.29, 1.82) is 0 Å². The van der Waals surface area contributed by atoms with Gasteiger partial charge in [-0.05, 0) is 75.0 Å². The first-order valence-electron chi connectivity index (χ1n) is 11.3. The molecule has 0 bridgehead atoms. The number of hydrogen-bond acceptors (Lipinski definition) is 4. The molecule has 0 heterocycles. The summed E-state index contributed by atoms with van der Waals surface area (Å²) in [7, 11) is 0. The molecule has 0 aromatic heterocycles. The molecule has 0 aliphatic heterocycles. The van der Waals surface area contributed by atoms with Gasteiger partial charge < -0.3 is 15.0 Å². The average molecular weight is 476 g/mol. The first-order chi connectivity index (χ1) is 16.4. The summed E-state index contributed by atoms with van der Waals surface area (Å²) in [6.45, 7) is 6.44. The fourth-order valence-electron chi connectivity index (χ4n) is 3.33. The summed E-state index contributed by atoms with van der Waals surface area (Å²) in [5, 5.41) is 5.78. The summed E-state index contributed by atoms with van der Waals surface area (Å²) in [6.07, 6.45) is 0.913. The molecule has 0 aliphatic carbocycles. The van der Waals surface area contributed by atoms with Crippen LogP contribution in [0.4, 0.5) is 11.4 Å². The van der Waals surface area contributed by atoms with Crippen LogP contribution >= 0.6 is 12.2 Å². The Hall–Kier alpha value is -3.71. The summed E-state index contributed by atoms with van der Waals surface area (Å²) >= 11 is 5.37. The number of rotatable bonds is 8. The van der Waals surface area contributed by atoms with Crippen molar-refractivity contribution in [1.82, 2.24) is 5.32 Å². The molecule has 6 nitrogen and oxygen atoms in total. The lowest BCUT2D eigenvalue weighted by Gasteiger charge is -2.23. The molecule has 3 aromatic carbocycles. The van der Waals surface area contributed by atoms with Crippen molar-refractivity contribution < 1.29 is 14.3 Å². The highest BCUT2D eigenvalue weighted by Gasteiger charge is 2.20. The Balaban J connectivity index is 1.72. The summed E-state index contributed by atoms with van der Waals surface area (Å²) in [6, 6.07) is 23.5. The fourth-order valence-corrected chi connectivity index (χ4v) is 3.53. The second-order valence-electron chi connectivity index (χ2n) is 7.70. The van der Waals surface area contributed by atoms with Gasteiger partial charge in [-0.15, -0.1) is 0 Å². The molecule has 0 fully saturated rings. The van der Waals surface area contributed by atoms with Gasteiger partial charge in [-0.1, -0.05) is 43.3 Å². The maximum absolute atomic E-state index is 13.3. The van der Waals surface area contributed by atoms with Gasteiger partial charge in [0, 0.05) is 17.8 Å². The van der Waals surface area contributed by atoms with Crippen LogP contribution in [0.25, 0.3) is 0 Å². The Kier molecular flexibility index (Phi) is 8.76. The highest BCUT2D eigenvalue weighted by Crippen LogP contribution is 2.22. The number of carbonyl (C=O) groups is 2. The van der Waals surface area contributed by atoms with Crippen molar-refractivity contribution >= 4 is 40.5 Å². The summed E-state index contributed by atoms with van der Waals surface area (Å²) in [5.74, 6) is 0.0913. The number of anilines is 2. The van der Waals surface area contributed by atoms with E-state index in [2.05, 4.69) is 10.6 Å². The molecular formula is C27H29N3O3S. The van der Waals surface area contributed by atoms with E-state index in [1.165, 1.54) is 0 Å². The van der Waals surface area contributed by atoms with Gasteiger partial charge in [0.05, 0.1) is 17.4 Å². The van der Waals surface area contributed by atoms with Gasteiger partial charge >= 0.3 is 0 Å². The van der Waals surface area contributed by atoms with Gasteiger partial charge in [-0.3, -0.25) is 14.9 Å². The zero-order valence-electron chi connectivity index (χ0n) is 19.6. The minimum atomic E-state index is -0.365. The number of benzene rings is 3. The minimum absolute atomic E-state index is 0.0497. The third kappa shape index (κ3) is 6.42. The van der Waals surface area contributed by atoms with Crippen molar-refractivity contribution in [3.8, 4) is 5.75 Å². The fraction of sp³-hybridized carbons (Fsp3) is 0.222. The number of nitrogens with one attached hydrogen (secondary N) is 2. The van der Waals surface area contributed by atoms with Crippen molar-refractivity contribution in [3.63, 3.8) is 0 Å². The molecule has 0 radical (unpaired) electrons. The molecule has 7 heteroatoms. The van der Waals surface area contributed by atoms with E-state index >= 15 is 0 Å². The molecule has 0 aliphatic rings. The van der Waals surface area contributed by atoms with Gasteiger partial charge in [0.1, 0.15) is 5.75 Å². The molecule has 2 amide bonds. The second kappa shape index (κ2) is 12.0. The van der Waals surface area contributed by atoms with Crippen molar-refractivity contribution in [2.45, 2.75) is 33.3 Å². The van der Waals surface area contributed by atoms with E-state index in [-0.39, 0.29) is 23.0 Å². The molecule has 3 aromatic rings. The Labute approximate surface area is 205 Å². The first-order valence-corrected chi connectivity index (χ1v) is 11.7. The van der Waals surface area contributed by atoms with Gasteiger partial charge in [0.2, 0.25) is 0 Å². The SMILES string of the molecule is CCC(C)Oc1cccc(C(=O)NC(=S)Nc2ccccc2C(=O)N(CC)c2ccccc2)c1. The van der Waals surface area contributed by atoms with Gasteiger partial charge in [-0.2, -0.15) is 0 Å². The zero-order chi connectivity index (χ0) is 24.5. The van der Waals surface area contributed by atoms with Crippen LogP contribution in [-0.4, -0.2) is 29.6 Å². The van der Waals surface area contributed by atoms with E-state index in [1.807, 2.05) is 57.2 Å². The van der Waals surface area contributed by atoms with E-state index in [0.717, 1.165) is 12.1 Å². The number of nitrogens with zero attached hydrogens (tertiary/aromatic N) is 1. The topological polar surface area (TPSA) is 70.7 Å². The van der Waals surface area contributed by atoms with E-state index in [1.54, 1.807) is 47.4 Å². The molecule has 34 heavy (non-hydrogen) atoms. The summed E-state index contributed by atoms with van der Waals surface area (Å²) in [4.78, 5) is 27.7. The molecule has 176 valence electrons. The third-order valence-corrected chi connectivity index (χ3v) is 5.47. The molecule has 1 atom stereocenters. The number of thiocarbonyl (C=S) groups is 1. The molecule has 0 saturated carbocycles. The van der Waals surface area contributed by atoms with Crippen LogP contribution in [0.15, 0.2) is 78.9 Å². The van der Waals surface area contributed by atoms with E-state index in [0.29, 0.717) is 29.1 Å². The summed E-state index contributed by atoms with van der Waals surface area (Å²) in [5.41, 5.74) is 2.20. The monoisotopic (exact) mass is 475 g/mol. The second-order valence-corrected chi connectivity index (χ2v) is 8.11. The van der Waals surface area contributed by atoms with E-state index < -0.39 is 0 Å². The van der Waals surface area contributed by atoms with Gasteiger partial charge in [0.15, 0.2) is 5.11 Å². The molecule has 0 spiro atoms. The minimum Gasteiger partial charge on any atom is -0.491 e. The van der Waals surface area contributed by atoms with Crippen molar-refractivity contribution in [3.05, 3.63) is 90.0 Å².